The number of ether oxygens (including phenoxy) is 3. The second kappa shape index (κ2) is 44.4. The summed E-state index contributed by atoms with van der Waals surface area (Å²) in [6.45, 7) is 18.7. The Morgan fingerprint density at radius 3 is 1.13 bits per heavy atom. The van der Waals surface area contributed by atoms with Gasteiger partial charge in [0.25, 0.3) is 0 Å². The molecule has 60 heavy (non-hydrogen) atoms. The van der Waals surface area contributed by atoms with Gasteiger partial charge in [0.15, 0.2) is 0 Å². The summed E-state index contributed by atoms with van der Waals surface area (Å²) in [5.41, 5.74) is 0.849. The number of carbonyl (C=O) groups excluding carboxylic acids is 3. The van der Waals surface area contributed by atoms with Gasteiger partial charge in [0, 0.05) is 71.1 Å². The van der Waals surface area contributed by atoms with Crippen molar-refractivity contribution in [2.45, 2.75) is 112 Å². The van der Waals surface area contributed by atoms with E-state index in [1.54, 1.807) is 63.4 Å². The van der Waals surface area contributed by atoms with Crippen LogP contribution in [-0.4, -0.2) is 169 Å². The van der Waals surface area contributed by atoms with Crippen molar-refractivity contribution in [3.63, 3.8) is 0 Å². The van der Waals surface area contributed by atoms with Gasteiger partial charge in [-0.25, -0.2) is 9.59 Å². The molecule has 0 aromatic carbocycles. The summed E-state index contributed by atoms with van der Waals surface area (Å²) in [5, 5.41) is 34.3. The van der Waals surface area contributed by atoms with Crippen LogP contribution >= 0.6 is 24.4 Å². The van der Waals surface area contributed by atoms with E-state index in [1.165, 1.54) is 11.8 Å². The van der Waals surface area contributed by atoms with E-state index >= 15 is 0 Å². The van der Waals surface area contributed by atoms with Gasteiger partial charge in [0.2, 0.25) is 0 Å². The van der Waals surface area contributed by atoms with E-state index in [9.17, 15) is 19.5 Å². The molecule has 0 aromatic heterocycles. The summed E-state index contributed by atoms with van der Waals surface area (Å²) < 4.78 is 47.1. The maximum Gasteiger partial charge on any atom is 0.334 e. The van der Waals surface area contributed by atoms with Crippen molar-refractivity contribution < 1.29 is 75.6 Å². The lowest BCUT2D eigenvalue weighted by atomic mass is 10.2. The molecule has 0 aromatic rings. The molecule has 0 saturated carbocycles. The first-order valence-corrected chi connectivity index (χ1v) is 27.8. The first-order valence-electron chi connectivity index (χ1n) is 18.5. The fourth-order valence-corrected chi connectivity index (χ4v) is 8.70. The predicted molar refractivity (Wildman–Crippen MR) is 254 cm³/mol. The van der Waals surface area contributed by atoms with Gasteiger partial charge in [-0.3, -0.25) is 4.79 Å². The minimum Gasteiger partial charge on any atom is -0.465 e. The number of thioether (sulfide) groups is 1. The lowest BCUT2D eigenvalue weighted by molar-refractivity contribution is -0.147. The van der Waals surface area contributed by atoms with Crippen LogP contribution in [0.2, 0.25) is 37.8 Å². The van der Waals surface area contributed by atoms with Crippen LogP contribution in [0.25, 0.3) is 0 Å². The SMILES string of the molecule is C.C.C.C=C(C)C(=O)OCCC[Si](C)(OC)OC.C=C(C)C(=O)OCCC[Si](C)(OC)OC.CO[Si](C)(CCCOC(=O)C(C)CSCC(O)CO)OC.OCC(O)CS. The molecule has 0 spiro atoms. The summed E-state index contributed by atoms with van der Waals surface area (Å²) in [7, 11) is 3.77. The standard InChI is InChI=1S/C13H28O6SSi.2C10H20O4Si.C3H8O2S.3CH4/c1-11(9-20-10-12(15)8-14)13(16)19-6-5-7-21(4,17-2)18-3;2*1-9(2)10(11)14-7-6-8-15(5,12-3)13-4;4-1-3(5)2-6;;;/h11-12,14-15H,5-10H2,1-4H3;2*1,6-8H2,2-5H3;3-6H,1-2H2;3*1H4. The molecule has 0 radical (unpaired) electrons. The van der Waals surface area contributed by atoms with Gasteiger partial charge >= 0.3 is 43.6 Å². The summed E-state index contributed by atoms with van der Waals surface area (Å²) >= 11 is 5.11. The predicted octanol–water partition coefficient (Wildman–Crippen LogP) is 5.91. The van der Waals surface area contributed by atoms with Crippen LogP contribution in [0.3, 0.4) is 0 Å². The molecule has 0 amide bonds. The van der Waals surface area contributed by atoms with Gasteiger partial charge in [-0.15, -0.1) is 0 Å². The molecule has 0 fully saturated rings. The van der Waals surface area contributed by atoms with Gasteiger partial charge in [0.05, 0.1) is 51.2 Å². The minimum atomic E-state index is -2.08. The van der Waals surface area contributed by atoms with Gasteiger partial charge in [-0.2, -0.15) is 24.4 Å². The van der Waals surface area contributed by atoms with E-state index in [1.807, 2.05) is 19.6 Å². The summed E-state index contributed by atoms with van der Waals surface area (Å²) in [6.07, 6.45) is 0.851. The van der Waals surface area contributed by atoms with E-state index in [0.717, 1.165) is 37.4 Å². The quantitative estimate of drug-likeness (QED) is 0.0154. The zero-order valence-corrected chi connectivity index (χ0v) is 41.3. The van der Waals surface area contributed by atoms with E-state index in [4.69, 9.17) is 56.1 Å². The Balaban J connectivity index is -0.000000130. The Kier molecular flexibility index (Phi) is 54.3. The van der Waals surface area contributed by atoms with E-state index in [2.05, 4.69) is 25.8 Å². The third-order valence-electron chi connectivity index (χ3n) is 8.04. The van der Waals surface area contributed by atoms with Crippen LogP contribution in [-0.2, 0) is 55.2 Å². The second-order valence-corrected chi connectivity index (χ2v) is 25.4. The van der Waals surface area contributed by atoms with Gasteiger partial charge in [-0.1, -0.05) is 42.4 Å². The maximum atomic E-state index is 11.8. The Hall–Kier alpha value is -1.16. The summed E-state index contributed by atoms with van der Waals surface area (Å²) in [5.74, 6) is 0.171. The molecule has 0 heterocycles. The van der Waals surface area contributed by atoms with Gasteiger partial charge in [-0.05, 0) is 70.9 Å². The third-order valence-corrected chi connectivity index (χ3v) is 18.8. The first-order chi connectivity index (χ1) is 26.6. The van der Waals surface area contributed by atoms with Crippen molar-refractivity contribution in [1.29, 1.82) is 0 Å². The Morgan fingerprint density at radius 2 is 0.900 bits per heavy atom. The van der Waals surface area contributed by atoms with Crippen LogP contribution in [0.15, 0.2) is 24.3 Å². The Labute approximate surface area is 377 Å². The molecule has 0 rings (SSSR count). The van der Waals surface area contributed by atoms with Gasteiger partial charge < -0.3 is 61.2 Å². The van der Waals surface area contributed by atoms with Gasteiger partial charge in [0.1, 0.15) is 0 Å². The normalized spacial score (nSPS) is 12.2. The minimum absolute atomic E-state index is 0. The fourth-order valence-electron chi connectivity index (χ4n) is 3.49. The summed E-state index contributed by atoms with van der Waals surface area (Å²) in [4.78, 5) is 33.8. The molecule has 0 aliphatic rings. The molecule has 0 saturated heterocycles. The van der Waals surface area contributed by atoms with Crippen LogP contribution in [0.5, 0.6) is 0 Å². The molecule has 3 atom stereocenters. The van der Waals surface area contributed by atoms with Crippen LogP contribution in [0.1, 0.15) is 62.3 Å². The molecule has 4 N–H and O–H groups in total. The molecule has 16 nitrogen and oxygen atoms in total. The monoisotopic (exact) mass is 960 g/mol. The maximum absolute atomic E-state index is 11.8. The number of rotatable bonds is 28. The molecule has 0 aliphatic carbocycles. The topological polar surface area (TPSA) is 215 Å². The number of hydrogen-bond donors (Lipinski definition) is 5. The number of hydrogen-bond acceptors (Lipinski definition) is 18. The number of aliphatic hydroxyl groups is 4. The molecular formula is C39H88O16S2Si3. The molecule has 0 aliphatic heterocycles. The highest BCUT2D eigenvalue weighted by Crippen LogP contribution is 2.16. The average Bonchev–Trinajstić information content (AvgIpc) is 3.21. The van der Waals surface area contributed by atoms with Crippen molar-refractivity contribution in [2.75, 3.05) is 93.0 Å². The average molecular weight is 962 g/mol. The lowest BCUT2D eigenvalue weighted by Gasteiger charge is -2.22. The van der Waals surface area contributed by atoms with E-state index in [-0.39, 0.29) is 59.3 Å². The molecule has 0 bridgehead atoms. The second-order valence-electron chi connectivity index (χ2n) is 13.2. The van der Waals surface area contributed by atoms with E-state index < -0.39 is 37.9 Å². The number of carbonyl (C=O) groups is 3. The van der Waals surface area contributed by atoms with Crippen molar-refractivity contribution in [3.8, 4) is 0 Å². The number of esters is 3. The van der Waals surface area contributed by atoms with Crippen molar-refractivity contribution >= 4 is 68.0 Å². The molecule has 21 heteroatoms. The third kappa shape index (κ3) is 42.2. The van der Waals surface area contributed by atoms with Crippen LogP contribution in [0, 0.1) is 5.92 Å². The summed E-state index contributed by atoms with van der Waals surface area (Å²) in [6, 6.07) is 2.39. The van der Waals surface area contributed by atoms with Crippen molar-refractivity contribution in [3.05, 3.63) is 24.3 Å². The van der Waals surface area contributed by atoms with Crippen molar-refractivity contribution in [2.24, 2.45) is 5.92 Å². The highest BCUT2D eigenvalue weighted by Gasteiger charge is 2.29. The fraction of sp³-hybridized carbons (Fsp3) is 0.821. The Morgan fingerprint density at radius 1 is 0.600 bits per heavy atom. The smallest absolute Gasteiger partial charge is 0.334 e. The number of thiol groups is 1. The zero-order chi connectivity index (χ0) is 45.1. The first kappa shape index (κ1) is 73.2. The molecule has 3 unspecified atom stereocenters. The highest BCUT2D eigenvalue weighted by molar-refractivity contribution is 7.99. The molecule has 364 valence electrons. The lowest BCUT2D eigenvalue weighted by Crippen LogP contribution is -2.36. The zero-order valence-electron chi connectivity index (χ0n) is 36.6. The largest absolute Gasteiger partial charge is 0.465 e. The number of aliphatic hydroxyl groups excluding tert-OH is 4. The molecular weight excluding hydrogens is 873 g/mol. The van der Waals surface area contributed by atoms with Crippen LogP contribution in [0.4, 0.5) is 0 Å². The van der Waals surface area contributed by atoms with Crippen molar-refractivity contribution in [1.82, 2.24) is 0 Å². The van der Waals surface area contributed by atoms with Crippen LogP contribution < -0.4 is 0 Å². The highest BCUT2D eigenvalue weighted by atomic mass is 32.2. The Bertz CT molecular complexity index is 1010. The van der Waals surface area contributed by atoms with E-state index in [0.29, 0.717) is 48.2 Å².